The highest BCUT2D eigenvalue weighted by Crippen LogP contribution is 2.51. The van der Waals surface area contributed by atoms with E-state index in [1.54, 1.807) is 12.3 Å². The molecule has 2 aromatic carbocycles. The number of carbonyl (C=O) groups is 1. The van der Waals surface area contributed by atoms with Gasteiger partial charge in [0.25, 0.3) is 0 Å². The molecule has 0 amide bonds. The highest BCUT2D eigenvalue weighted by Gasteiger charge is 2.48. The number of piperazine rings is 1. The number of nitrogens with zero attached hydrogens (tertiary/aromatic N) is 4. The summed E-state index contributed by atoms with van der Waals surface area (Å²) < 4.78 is 26.0. The molecule has 4 aliphatic rings. The van der Waals surface area contributed by atoms with Crippen LogP contribution in [0.5, 0.6) is 17.2 Å². The number of hydrogen-bond acceptors (Lipinski definition) is 7. The van der Waals surface area contributed by atoms with E-state index in [-0.39, 0.29) is 5.82 Å². The van der Waals surface area contributed by atoms with E-state index in [2.05, 4.69) is 42.9 Å². The van der Waals surface area contributed by atoms with Gasteiger partial charge in [-0.05, 0) is 79.3 Å². The predicted octanol–water partition coefficient (Wildman–Crippen LogP) is 6.20. The highest BCUT2D eigenvalue weighted by molar-refractivity contribution is 5.82. The van der Waals surface area contributed by atoms with E-state index in [4.69, 9.17) is 9.47 Å². The lowest BCUT2D eigenvalue weighted by molar-refractivity contribution is -0.0355. The molecule has 0 bridgehead atoms. The Hall–Kier alpha value is -3.95. The number of hydrogen-bond donors (Lipinski definition) is 1. The van der Waals surface area contributed by atoms with Crippen molar-refractivity contribution < 1.29 is 18.7 Å². The van der Waals surface area contributed by atoms with Gasteiger partial charge in [0, 0.05) is 69.8 Å². The molecular weight excluding hydrogens is 569 g/mol. The zero-order chi connectivity index (χ0) is 30.4. The van der Waals surface area contributed by atoms with Crippen LogP contribution in [-0.4, -0.2) is 78.0 Å². The Morgan fingerprint density at radius 3 is 2.71 bits per heavy atom. The van der Waals surface area contributed by atoms with Gasteiger partial charge < -0.3 is 19.4 Å². The predicted molar refractivity (Wildman–Crippen MR) is 172 cm³/mol. The summed E-state index contributed by atoms with van der Waals surface area (Å²) in [4.78, 5) is 26.5. The van der Waals surface area contributed by atoms with Crippen LogP contribution >= 0.6 is 0 Å². The minimum absolute atomic E-state index is 0.360. The third-order valence-electron chi connectivity index (χ3n) is 10.6. The Bertz CT molecular complexity index is 1700. The molecule has 1 N–H and O–H groups in total. The minimum Gasteiger partial charge on any atom is -0.493 e. The number of fused-ring (bicyclic) bond motifs is 2. The normalized spacial score (nSPS) is 20.5. The van der Waals surface area contributed by atoms with Crippen LogP contribution in [0.1, 0.15) is 53.6 Å². The second-order valence-corrected chi connectivity index (χ2v) is 13.4. The number of benzene rings is 2. The maximum Gasteiger partial charge on any atom is 0.153 e. The topological polar surface area (TPSA) is 73.9 Å². The van der Waals surface area contributed by atoms with Crippen molar-refractivity contribution in [1.82, 2.24) is 19.8 Å². The maximum atomic E-state index is 14.1. The van der Waals surface area contributed by atoms with E-state index in [1.165, 1.54) is 43.0 Å². The van der Waals surface area contributed by atoms with Crippen molar-refractivity contribution >= 4 is 23.0 Å². The molecule has 0 unspecified atom stereocenters. The molecule has 9 heteroatoms. The molecule has 45 heavy (non-hydrogen) atoms. The van der Waals surface area contributed by atoms with Crippen LogP contribution in [0.2, 0.25) is 0 Å². The molecule has 3 fully saturated rings. The van der Waals surface area contributed by atoms with Gasteiger partial charge >= 0.3 is 0 Å². The van der Waals surface area contributed by atoms with Gasteiger partial charge in [-0.25, -0.2) is 9.37 Å². The fourth-order valence-electron chi connectivity index (χ4n) is 7.91. The first-order valence-corrected chi connectivity index (χ1v) is 16.4. The van der Waals surface area contributed by atoms with Crippen LogP contribution in [0.25, 0.3) is 11.0 Å². The molecule has 2 saturated heterocycles. The largest absolute Gasteiger partial charge is 0.493 e. The van der Waals surface area contributed by atoms with E-state index in [1.807, 2.05) is 18.2 Å². The van der Waals surface area contributed by atoms with Crippen molar-refractivity contribution in [3.05, 3.63) is 77.4 Å². The number of halogens is 1. The van der Waals surface area contributed by atoms with Gasteiger partial charge in [-0.3, -0.25) is 14.6 Å². The smallest absolute Gasteiger partial charge is 0.153 e. The van der Waals surface area contributed by atoms with Crippen LogP contribution in [0.15, 0.2) is 54.9 Å². The van der Waals surface area contributed by atoms with Crippen molar-refractivity contribution in [2.75, 3.05) is 50.8 Å². The van der Waals surface area contributed by atoms with Crippen LogP contribution in [0.3, 0.4) is 0 Å². The fourth-order valence-corrected chi connectivity index (χ4v) is 7.91. The summed E-state index contributed by atoms with van der Waals surface area (Å²) >= 11 is 0. The average Bonchev–Trinajstić information content (AvgIpc) is 3.43. The molecule has 8 rings (SSSR count). The molecule has 0 atom stereocenters. The van der Waals surface area contributed by atoms with Crippen molar-refractivity contribution in [1.29, 1.82) is 0 Å². The first kappa shape index (κ1) is 28.5. The van der Waals surface area contributed by atoms with Gasteiger partial charge in [-0.15, -0.1) is 0 Å². The van der Waals surface area contributed by atoms with Crippen molar-refractivity contribution in [3.8, 4) is 17.2 Å². The number of aldehydes is 1. The van der Waals surface area contributed by atoms with E-state index in [9.17, 15) is 9.18 Å². The second kappa shape index (κ2) is 11.8. The fraction of sp³-hybridized carbons (Fsp3) is 0.444. The number of aromatic amines is 1. The standard InChI is InChI=1S/C36H40FN5O3/c37-32-22-39-35-31(32)18-30(21-38-35)45-34-17-28(6-5-27(34)24-43)41-9-7-36(8-10-41)19-29(20-36)42-13-11-40(12-14-42)23-25-3-4-26-2-1-15-44-33(26)16-25/h3-6,16-18,21-22,24,29H,1-2,7-15,19-20,23H2,(H,38,39). The second-order valence-electron chi connectivity index (χ2n) is 13.4. The van der Waals surface area contributed by atoms with Gasteiger partial charge in [0.15, 0.2) is 6.29 Å². The number of piperidine rings is 1. The summed E-state index contributed by atoms with van der Waals surface area (Å²) in [6.07, 6.45) is 10.8. The van der Waals surface area contributed by atoms with Crippen LogP contribution < -0.4 is 14.4 Å². The van der Waals surface area contributed by atoms with Crippen molar-refractivity contribution in [3.63, 3.8) is 0 Å². The molecule has 3 aliphatic heterocycles. The molecule has 8 nitrogen and oxygen atoms in total. The molecule has 1 saturated carbocycles. The summed E-state index contributed by atoms with van der Waals surface area (Å²) in [6, 6.07) is 14.9. The first-order valence-electron chi connectivity index (χ1n) is 16.4. The summed E-state index contributed by atoms with van der Waals surface area (Å²) in [5, 5.41) is 0.360. The Balaban J connectivity index is 0.836. The van der Waals surface area contributed by atoms with E-state index < -0.39 is 0 Å². The van der Waals surface area contributed by atoms with Gasteiger partial charge in [-0.2, -0.15) is 0 Å². The Labute approximate surface area is 263 Å². The molecule has 1 aliphatic carbocycles. The zero-order valence-corrected chi connectivity index (χ0v) is 25.6. The number of aryl methyl sites for hydroxylation is 1. The van der Waals surface area contributed by atoms with E-state index in [0.29, 0.717) is 39.6 Å². The Kier molecular flexibility index (Phi) is 7.46. The lowest BCUT2D eigenvalue weighted by atomic mass is 9.60. The first-order chi connectivity index (χ1) is 22.0. The lowest BCUT2D eigenvalue weighted by Crippen LogP contribution is -2.59. The van der Waals surface area contributed by atoms with E-state index in [0.717, 1.165) is 83.0 Å². The van der Waals surface area contributed by atoms with Gasteiger partial charge in [0.05, 0.1) is 23.8 Å². The van der Waals surface area contributed by atoms with Crippen molar-refractivity contribution in [2.45, 2.75) is 51.1 Å². The highest BCUT2D eigenvalue weighted by atomic mass is 19.1. The Morgan fingerprint density at radius 1 is 1.04 bits per heavy atom. The van der Waals surface area contributed by atoms with Crippen molar-refractivity contribution in [2.24, 2.45) is 5.41 Å². The number of carbonyl (C=O) groups excluding carboxylic acids is 1. The summed E-state index contributed by atoms with van der Waals surface area (Å²) in [7, 11) is 0. The monoisotopic (exact) mass is 609 g/mol. The lowest BCUT2D eigenvalue weighted by Gasteiger charge is -2.56. The third kappa shape index (κ3) is 5.68. The van der Waals surface area contributed by atoms with Crippen LogP contribution in [-0.2, 0) is 13.0 Å². The molecular formula is C36H40FN5O3. The van der Waals surface area contributed by atoms with Gasteiger partial charge in [0.2, 0.25) is 0 Å². The number of nitrogens with one attached hydrogen (secondary N) is 1. The Morgan fingerprint density at radius 2 is 1.89 bits per heavy atom. The quantitative estimate of drug-likeness (QED) is 0.250. The number of pyridine rings is 1. The number of aromatic nitrogens is 2. The maximum absolute atomic E-state index is 14.1. The number of rotatable bonds is 7. The summed E-state index contributed by atoms with van der Waals surface area (Å²) in [5.41, 5.74) is 5.13. The molecule has 2 aromatic heterocycles. The third-order valence-corrected chi connectivity index (χ3v) is 10.6. The summed E-state index contributed by atoms with van der Waals surface area (Å²) in [6.45, 7) is 8.39. The molecule has 5 heterocycles. The molecule has 4 aromatic rings. The molecule has 1 spiro atoms. The minimum atomic E-state index is -0.383. The molecule has 0 radical (unpaired) electrons. The van der Waals surface area contributed by atoms with Crippen LogP contribution in [0.4, 0.5) is 10.1 Å². The SMILES string of the molecule is O=Cc1ccc(N2CCC3(CC2)CC(N2CCN(Cc4ccc5c(c4)OCCC5)CC2)C3)cc1Oc1cnc2[nH]cc(F)c2c1. The summed E-state index contributed by atoms with van der Waals surface area (Å²) in [5.74, 6) is 1.57. The van der Waals surface area contributed by atoms with E-state index >= 15 is 0 Å². The van der Waals surface area contributed by atoms with Gasteiger partial charge in [-0.1, -0.05) is 12.1 Å². The van der Waals surface area contributed by atoms with Gasteiger partial charge in [0.1, 0.15) is 28.7 Å². The average molecular weight is 610 g/mol. The molecule has 234 valence electrons. The number of H-pyrrole nitrogens is 1. The number of ether oxygens (including phenoxy) is 2. The van der Waals surface area contributed by atoms with Crippen LogP contribution in [0, 0.1) is 11.2 Å². The zero-order valence-electron chi connectivity index (χ0n) is 25.6. The number of anilines is 1.